The van der Waals surface area contributed by atoms with Gasteiger partial charge >= 0.3 is 0 Å². The zero-order valence-corrected chi connectivity index (χ0v) is 36.1. The maximum Gasteiger partial charge on any atom is 0.250 e. The number of nitrogens with zero attached hydrogens (tertiary/aromatic N) is 3. The molecule has 0 aliphatic carbocycles. The highest BCUT2D eigenvalue weighted by atomic mass is 32.1. The SMILES string of the molecule is CCCN(Cc1ccc(CN(C)CCOCCOCCOCCOCCOCCOCCOCC)cc1)C(=O)C1=Cc2sc(CCCCCNC)cc2N=C(N)C1. The van der Waals surface area contributed by atoms with Gasteiger partial charge in [0, 0.05) is 49.7 Å². The van der Waals surface area contributed by atoms with Crippen molar-refractivity contribution in [2.24, 2.45) is 10.7 Å². The van der Waals surface area contributed by atoms with E-state index in [-0.39, 0.29) is 5.91 Å². The van der Waals surface area contributed by atoms with Gasteiger partial charge in [0.15, 0.2) is 0 Å². The lowest BCUT2D eigenvalue weighted by atomic mass is 10.1. The number of nitrogens with two attached hydrogens (primary N) is 1. The topological polar surface area (TPSA) is 139 Å². The average molecular weight is 818 g/mol. The molecule has 14 heteroatoms. The monoisotopic (exact) mass is 818 g/mol. The molecule has 0 bridgehead atoms. The van der Waals surface area contributed by atoms with Gasteiger partial charge < -0.3 is 49.1 Å². The number of ether oxygens (including phenoxy) is 7. The third kappa shape index (κ3) is 21.7. The van der Waals surface area contributed by atoms with Crippen LogP contribution in [0.1, 0.15) is 66.8 Å². The highest BCUT2D eigenvalue weighted by Gasteiger charge is 2.23. The van der Waals surface area contributed by atoms with Crippen molar-refractivity contribution in [2.45, 2.75) is 65.5 Å². The first kappa shape index (κ1) is 48.6. The van der Waals surface area contributed by atoms with Gasteiger partial charge in [-0.3, -0.25) is 9.69 Å². The van der Waals surface area contributed by atoms with E-state index in [4.69, 9.17) is 38.9 Å². The molecule has 0 saturated carbocycles. The summed E-state index contributed by atoms with van der Waals surface area (Å²) in [6.07, 6.45) is 7.78. The van der Waals surface area contributed by atoms with Gasteiger partial charge in [0.1, 0.15) is 5.84 Å². The fourth-order valence-corrected chi connectivity index (χ4v) is 7.15. The number of carbonyl (C=O) groups excluding carboxylic acids is 1. The zero-order valence-electron chi connectivity index (χ0n) is 35.2. The number of benzene rings is 1. The minimum Gasteiger partial charge on any atom is -0.387 e. The number of likely N-dealkylation sites (N-methyl/N-ethyl adjacent to an activating group) is 1. The summed E-state index contributed by atoms with van der Waals surface area (Å²) in [7, 11) is 4.08. The third-order valence-electron chi connectivity index (χ3n) is 9.04. The van der Waals surface area contributed by atoms with Crippen LogP contribution in [0.4, 0.5) is 5.69 Å². The molecule has 0 unspecified atom stereocenters. The van der Waals surface area contributed by atoms with Crippen LogP contribution in [-0.4, -0.2) is 148 Å². The van der Waals surface area contributed by atoms with Crippen LogP contribution in [0.25, 0.3) is 6.08 Å². The van der Waals surface area contributed by atoms with Crippen molar-refractivity contribution in [3.63, 3.8) is 0 Å². The Morgan fingerprint density at radius 2 is 1.30 bits per heavy atom. The van der Waals surface area contributed by atoms with Crippen molar-refractivity contribution in [2.75, 3.05) is 126 Å². The smallest absolute Gasteiger partial charge is 0.250 e. The Balaban J connectivity index is 1.25. The molecule has 1 aliphatic heterocycles. The zero-order chi connectivity index (χ0) is 40.8. The van der Waals surface area contributed by atoms with E-state index in [1.807, 2.05) is 24.9 Å². The predicted octanol–water partition coefficient (Wildman–Crippen LogP) is 5.46. The van der Waals surface area contributed by atoms with Crippen molar-refractivity contribution < 1.29 is 38.0 Å². The Kier molecular flexibility index (Phi) is 26.6. The summed E-state index contributed by atoms with van der Waals surface area (Å²) < 4.78 is 38.5. The fraction of sp³-hybridized carbons (Fsp3) is 0.674. The number of amidine groups is 1. The summed E-state index contributed by atoms with van der Waals surface area (Å²) in [4.78, 5) is 25.1. The quantitative estimate of drug-likeness (QED) is 0.0858. The first-order valence-corrected chi connectivity index (χ1v) is 21.7. The Morgan fingerprint density at radius 3 is 1.84 bits per heavy atom. The minimum atomic E-state index is 0.0263. The maximum atomic E-state index is 13.9. The minimum absolute atomic E-state index is 0.0263. The molecule has 3 rings (SSSR count). The third-order valence-corrected chi connectivity index (χ3v) is 10.2. The van der Waals surface area contributed by atoms with E-state index in [1.54, 1.807) is 11.3 Å². The van der Waals surface area contributed by atoms with E-state index >= 15 is 0 Å². The number of unbranched alkanes of at least 4 members (excludes halogenated alkanes) is 2. The Hall–Kier alpha value is -2.76. The first-order valence-electron chi connectivity index (χ1n) is 20.8. The molecule has 0 spiro atoms. The van der Waals surface area contributed by atoms with Crippen LogP contribution in [-0.2, 0) is 57.5 Å². The van der Waals surface area contributed by atoms with Crippen LogP contribution in [0.5, 0.6) is 0 Å². The van der Waals surface area contributed by atoms with Gasteiger partial charge in [-0.1, -0.05) is 37.6 Å². The van der Waals surface area contributed by atoms with Gasteiger partial charge in [-0.2, -0.15) is 0 Å². The first-order chi connectivity index (χ1) is 27.9. The molecule has 0 radical (unpaired) electrons. The highest BCUT2D eigenvalue weighted by Crippen LogP contribution is 2.35. The van der Waals surface area contributed by atoms with E-state index < -0.39 is 0 Å². The van der Waals surface area contributed by atoms with Crippen LogP contribution in [0.15, 0.2) is 40.9 Å². The van der Waals surface area contributed by atoms with Crippen LogP contribution in [0.2, 0.25) is 0 Å². The number of fused-ring (bicyclic) bond motifs is 1. The summed E-state index contributed by atoms with van der Waals surface area (Å²) in [6.45, 7) is 15.8. The number of nitrogens with one attached hydrogen (secondary N) is 1. The number of hydrogen-bond acceptors (Lipinski definition) is 13. The van der Waals surface area contributed by atoms with E-state index in [9.17, 15) is 4.79 Å². The van der Waals surface area contributed by atoms with Gasteiger partial charge in [-0.15, -0.1) is 11.3 Å². The number of carbonyl (C=O) groups is 1. The van der Waals surface area contributed by atoms with Gasteiger partial charge in [0.2, 0.25) is 0 Å². The molecule has 0 saturated heterocycles. The predicted molar refractivity (Wildman–Crippen MR) is 230 cm³/mol. The molecule has 2 heterocycles. The number of hydrogen-bond donors (Lipinski definition) is 2. The van der Waals surface area contributed by atoms with Crippen LogP contribution in [0, 0.1) is 0 Å². The molecule has 1 aromatic carbocycles. The van der Waals surface area contributed by atoms with Crippen molar-refractivity contribution in [3.05, 3.63) is 56.8 Å². The molecule has 13 nitrogen and oxygen atoms in total. The van der Waals surface area contributed by atoms with Gasteiger partial charge in [0.05, 0.1) is 96.5 Å². The van der Waals surface area contributed by atoms with Crippen molar-refractivity contribution in [1.82, 2.24) is 15.1 Å². The lowest BCUT2D eigenvalue weighted by Crippen LogP contribution is -2.33. The van der Waals surface area contributed by atoms with Gasteiger partial charge in [0.25, 0.3) is 5.91 Å². The van der Waals surface area contributed by atoms with Gasteiger partial charge in [-0.05, 0) is 76.5 Å². The largest absolute Gasteiger partial charge is 0.387 e. The van der Waals surface area contributed by atoms with Crippen molar-refractivity contribution in [3.8, 4) is 0 Å². The van der Waals surface area contributed by atoms with Crippen molar-refractivity contribution in [1.29, 1.82) is 0 Å². The molecule has 1 amide bonds. The second-order valence-electron chi connectivity index (χ2n) is 14.0. The molecular formula is C43H71N5O8S. The Bertz CT molecular complexity index is 1410. The summed E-state index contributed by atoms with van der Waals surface area (Å²) in [5, 5.41) is 3.21. The van der Waals surface area contributed by atoms with E-state index in [0.29, 0.717) is 123 Å². The maximum absolute atomic E-state index is 13.9. The second-order valence-corrected chi connectivity index (χ2v) is 15.1. The van der Waals surface area contributed by atoms with Gasteiger partial charge in [-0.25, -0.2) is 4.99 Å². The Labute approximate surface area is 346 Å². The number of amides is 1. The second kappa shape index (κ2) is 31.2. The normalized spacial score (nSPS) is 12.8. The number of thiophene rings is 1. The lowest BCUT2D eigenvalue weighted by molar-refractivity contribution is -0.127. The highest BCUT2D eigenvalue weighted by molar-refractivity contribution is 7.13. The molecule has 1 aromatic heterocycles. The molecule has 0 atom stereocenters. The van der Waals surface area contributed by atoms with Crippen LogP contribution >= 0.6 is 11.3 Å². The summed E-state index contributed by atoms with van der Waals surface area (Å²) in [5.41, 5.74) is 10.2. The van der Waals surface area contributed by atoms with E-state index in [1.165, 1.54) is 23.3 Å². The lowest BCUT2D eigenvalue weighted by Gasteiger charge is -2.24. The molecule has 322 valence electrons. The molecule has 1 aliphatic rings. The van der Waals surface area contributed by atoms with Crippen molar-refractivity contribution >= 4 is 34.8 Å². The molecule has 57 heavy (non-hydrogen) atoms. The van der Waals surface area contributed by atoms with E-state index in [2.05, 4.69) is 59.5 Å². The summed E-state index contributed by atoms with van der Waals surface area (Å²) in [6, 6.07) is 10.7. The molecular weight excluding hydrogens is 747 g/mol. The number of rotatable bonds is 35. The number of aryl methyl sites for hydroxylation is 1. The summed E-state index contributed by atoms with van der Waals surface area (Å²) in [5.74, 6) is 0.512. The van der Waals surface area contributed by atoms with Crippen LogP contribution in [0.3, 0.4) is 0 Å². The standard InChI is InChI=1S/C43H71N5O8S/c1-5-16-48(43(49)38-31-41-40(46-42(44)32-38)33-39(57-41)10-8-7-9-15-45-3)35-37-13-11-36(12-14-37)34-47(4)17-18-51-21-22-53-25-26-55-29-30-56-28-27-54-24-23-52-20-19-50-6-2/h11-14,31,33,45H,5-10,15-30,32,34-35H2,1-4H3,(H2,44,46). The average Bonchev–Trinajstić information content (AvgIpc) is 3.50. The molecule has 2 aromatic rings. The molecule has 3 N–H and O–H groups in total. The fourth-order valence-electron chi connectivity index (χ4n) is 6.05. The molecule has 0 fully saturated rings. The van der Waals surface area contributed by atoms with E-state index in [0.717, 1.165) is 55.0 Å². The van der Waals surface area contributed by atoms with Crippen LogP contribution < -0.4 is 11.1 Å². The Morgan fingerprint density at radius 1 is 0.754 bits per heavy atom. The summed E-state index contributed by atoms with van der Waals surface area (Å²) >= 11 is 1.73. The number of aliphatic imine (C=N–C) groups is 1.